The molecule has 0 aliphatic rings. The van der Waals surface area contributed by atoms with Crippen molar-refractivity contribution in [3.05, 3.63) is 83.6 Å². The number of benzene rings is 3. The summed E-state index contributed by atoms with van der Waals surface area (Å²) in [5.41, 5.74) is 11.2. The molecular weight excluding hydrogens is 418 g/mol. The van der Waals surface area contributed by atoms with E-state index in [9.17, 15) is 4.79 Å². The van der Waals surface area contributed by atoms with Gasteiger partial charge in [-0.05, 0) is 47.9 Å². The summed E-state index contributed by atoms with van der Waals surface area (Å²) in [6.45, 7) is 2.89. The van der Waals surface area contributed by atoms with Gasteiger partial charge in [0, 0.05) is 23.1 Å². The highest BCUT2D eigenvalue weighted by atomic mass is 16.5. The Hall–Kier alpha value is -3.77. The van der Waals surface area contributed by atoms with Crippen molar-refractivity contribution < 1.29 is 23.4 Å². The summed E-state index contributed by atoms with van der Waals surface area (Å²) in [5, 5.41) is 0.908. The van der Waals surface area contributed by atoms with Gasteiger partial charge >= 0.3 is 5.97 Å². The van der Waals surface area contributed by atoms with Crippen LogP contribution in [0.25, 0.3) is 22.1 Å². The predicted molar refractivity (Wildman–Crippen MR) is 127 cm³/mol. The Morgan fingerprint density at radius 3 is 2.61 bits per heavy atom. The molecule has 0 bridgehead atoms. The van der Waals surface area contributed by atoms with Crippen LogP contribution < -0.4 is 15.2 Å². The number of para-hydroxylation sites is 1. The second-order valence-electron chi connectivity index (χ2n) is 7.60. The molecule has 0 fully saturated rings. The van der Waals surface area contributed by atoms with Gasteiger partial charge in [0.2, 0.25) is 0 Å². The maximum atomic E-state index is 11.9. The Morgan fingerprint density at radius 1 is 0.970 bits per heavy atom. The van der Waals surface area contributed by atoms with Crippen molar-refractivity contribution in [3.8, 4) is 22.6 Å². The Kier molecular flexibility index (Phi) is 6.95. The van der Waals surface area contributed by atoms with E-state index in [0.29, 0.717) is 30.2 Å². The van der Waals surface area contributed by atoms with Crippen LogP contribution in [0.15, 0.2) is 71.3 Å². The smallest absolute Gasteiger partial charge is 0.310 e. The van der Waals surface area contributed by atoms with Crippen LogP contribution in [0.3, 0.4) is 0 Å². The highest BCUT2D eigenvalue weighted by Gasteiger charge is 2.16. The van der Waals surface area contributed by atoms with Crippen LogP contribution in [0.5, 0.6) is 11.5 Å². The van der Waals surface area contributed by atoms with Crippen LogP contribution in [0, 0.1) is 0 Å². The molecule has 0 aliphatic heterocycles. The number of furan rings is 1. The van der Waals surface area contributed by atoms with Gasteiger partial charge in [-0.3, -0.25) is 4.79 Å². The van der Waals surface area contributed by atoms with Gasteiger partial charge in [-0.2, -0.15) is 0 Å². The van der Waals surface area contributed by atoms with Gasteiger partial charge in [0.25, 0.3) is 0 Å². The highest BCUT2D eigenvalue weighted by molar-refractivity contribution is 5.91. The molecule has 4 rings (SSSR count). The van der Waals surface area contributed by atoms with E-state index in [4.69, 9.17) is 24.4 Å². The predicted octanol–water partition coefficient (Wildman–Crippen LogP) is 5.25. The molecule has 0 saturated carbocycles. The minimum absolute atomic E-state index is 0.158. The molecule has 0 atom stereocenters. The fraction of sp³-hybridized carbons (Fsp3) is 0.222. The Balaban J connectivity index is 1.64. The zero-order valence-corrected chi connectivity index (χ0v) is 18.8. The molecular formula is C27H27NO5. The minimum Gasteiger partial charge on any atom is -0.493 e. The molecule has 2 N–H and O–H groups in total. The number of carbonyl (C=O) groups excluding carboxylic acids is 1. The van der Waals surface area contributed by atoms with Crippen molar-refractivity contribution in [1.82, 2.24) is 0 Å². The number of fused-ring (bicyclic) bond motifs is 1. The fourth-order valence-corrected chi connectivity index (χ4v) is 3.78. The lowest BCUT2D eigenvalue weighted by Gasteiger charge is -2.11. The normalized spacial score (nSPS) is 10.9. The lowest BCUT2D eigenvalue weighted by Crippen LogP contribution is -2.09. The van der Waals surface area contributed by atoms with Gasteiger partial charge in [-0.25, -0.2) is 0 Å². The number of esters is 1. The third-order valence-corrected chi connectivity index (χ3v) is 5.43. The van der Waals surface area contributed by atoms with Crippen LogP contribution in [-0.4, -0.2) is 19.7 Å². The summed E-state index contributed by atoms with van der Waals surface area (Å²) in [6, 6.07) is 19.6. The van der Waals surface area contributed by atoms with E-state index in [1.165, 1.54) is 0 Å². The second kappa shape index (κ2) is 10.2. The Labute approximate surface area is 192 Å². The zero-order chi connectivity index (χ0) is 23.2. The fourth-order valence-electron chi connectivity index (χ4n) is 3.78. The summed E-state index contributed by atoms with van der Waals surface area (Å²) in [5.74, 6) is 1.00. The van der Waals surface area contributed by atoms with Crippen LogP contribution in [0.4, 0.5) is 0 Å². The van der Waals surface area contributed by atoms with Crippen LogP contribution in [0.1, 0.15) is 23.6 Å². The molecule has 0 radical (unpaired) electrons. The number of rotatable bonds is 9. The third kappa shape index (κ3) is 5.02. The number of carbonyl (C=O) groups is 1. The van der Waals surface area contributed by atoms with Crippen molar-refractivity contribution in [3.63, 3.8) is 0 Å². The van der Waals surface area contributed by atoms with Crippen molar-refractivity contribution >= 4 is 16.9 Å². The summed E-state index contributed by atoms with van der Waals surface area (Å²) in [7, 11) is 1.62. The monoisotopic (exact) mass is 445 g/mol. The van der Waals surface area contributed by atoms with Gasteiger partial charge in [-0.15, -0.1) is 0 Å². The maximum absolute atomic E-state index is 11.9. The SMILES string of the molecule is CCOC(=O)Cc1ccccc1OCc1coc2c(OC)cc(-c3cccc(CN)c3)cc12. The van der Waals surface area contributed by atoms with E-state index in [-0.39, 0.29) is 19.0 Å². The molecule has 6 heteroatoms. The van der Waals surface area contributed by atoms with Gasteiger partial charge in [0.05, 0.1) is 26.4 Å². The maximum Gasteiger partial charge on any atom is 0.310 e. The van der Waals surface area contributed by atoms with Crippen molar-refractivity contribution in [1.29, 1.82) is 0 Å². The number of hydrogen-bond acceptors (Lipinski definition) is 6. The van der Waals surface area contributed by atoms with Crippen molar-refractivity contribution in [2.75, 3.05) is 13.7 Å². The molecule has 0 aliphatic carbocycles. The molecule has 1 heterocycles. The van der Waals surface area contributed by atoms with Crippen LogP contribution >= 0.6 is 0 Å². The van der Waals surface area contributed by atoms with Gasteiger partial charge in [-0.1, -0.05) is 36.4 Å². The van der Waals surface area contributed by atoms with Crippen LogP contribution in [-0.2, 0) is 29.1 Å². The van der Waals surface area contributed by atoms with Gasteiger partial charge in [0.15, 0.2) is 11.3 Å². The van der Waals surface area contributed by atoms with E-state index in [1.54, 1.807) is 20.3 Å². The van der Waals surface area contributed by atoms with Crippen molar-refractivity contribution in [2.24, 2.45) is 5.73 Å². The first-order valence-electron chi connectivity index (χ1n) is 10.9. The first kappa shape index (κ1) is 22.4. The molecule has 0 unspecified atom stereocenters. The van der Waals surface area contributed by atoms with Crippen LogP contribution in [0.2, 0.25) is 0 Å². The number of hydrogen-bond donors (Lipinski definition) is 1. The molecule has 0 amide bonds. The average molecular weight is 446 g/mol. The molecule has 0 saturated heterocycles. The van der Waals surface area contributed by atoms with Gasteiger partial charge < -0.3 is 24.4 Å². The Morgan fingerprint density at radius 2 is 1.82 bits per heavy atom. The quantitative estimate of drug-likeness (QED) is 0.354. The minimum atomic E-state index is -0.281. The first-order valence-corrected chi connectivity index (χ1v) is 10.9. The molecule has 33 heavy (non-hydrogen) atoms. The highest BCUT2D eigenvalue weighted by Crippen LogP contribution is 2.36. The first-order chi connectivity index (χ1) is 16.1. The van der Waals surface area contributed by atoms with Crippen molar-refractivity contribution in [2.45, 2.75) is 26.5 Å². The molecule has 170 valence electrons. The summed E-state index contributed by atoms with van der Waals surface area (Å²) in [4.78, 5) is 11.9. The average Bonchev–Trinajstić information content (AvgIpc) is 3.26. The van der Waals surface area contributed by atoms with E-state index in [1.807, 2.05) is 48.5 Å². The van der Waals surface area contributed by atoms with E-state index in [0.717, 1.165) is 33.2 Å². The second-order valence-corrected chi connectivity index (χ2v) is 7.60. The largest absolute Gasteiger partial charge is 0.493 e. The van der Waals surface area contributed by atoms with E-state index in [2.05, 4.69) is 12.1 Å². The number of nitrogens with two attached hydrogens (primary N) is 1. The lowest BCUT2D eigenvalue weighted by atomic mass is 10.00. The summed E-state index contributed by atoms with van der Waals surface area (Å²) in [6.07, 6.45) is 1.84. The zero-order valence-electron chi connectivity index (χ0n) is 18.8. The molecule has 4 aromatic rings. The molecule has 0 spiro atoms. The number of methoxy groups -OCH3 is 1. The van der Waals surface area contributed by atoms with Gasteiger partial charge in [0.1, 0.15) is 12.4 Å². The number of ether oxygens (including phenoxy) is 3. The lowest BCUT2D eigenvalue weighted by molar-refractivity contribution is -0.142. The standard InChI is InChI=1S/C27H27NO5/c1-3-31-26(29)14-20-8-4-5-10-24(20)32-16-22-17-33-27-23(22)12-21(13-25(27)30-2)19-9-6-7-18(11-19)15-28/h4-13,17H,3,14-16,28H2,1-2H3. The summed E-state index contributed by atoms with van der Waals surface area (Å²) < 4.78 is 22.6. The van der Waals surface area contributed by atoms with E-state index < -0.39 is 0 Å². The topological polar surface area (TPSA) is 83.9 Å². The summed E-state index contributed by atoms with van der Waals surface area (Å²) >= 11 is 0. The molecule has 3 aromatic carbocycles. The Bertz CT molecular complexity index is 1260. The molecule has 6 nitrogen and oxygen atoms in total. The van der Waals surface area contributed by atoms with E-state index >= 15 is 0 Å². The third-order valence-electron chi connectivity index (χ3n) is 5.43. The molecule has 1 aromatic heterocycles.